The third-order valence-corrected chi connectivity index (χ3v) is 5.48. The third kappa shape index (κ3) is 4.07. The Bertz CT molecular complexity index is 1040. The highest BCUT2D eigenvalue weighted by atomic mass is 19.1. The van der Waals surface area contributed by atoms with Crippen LogP contribution < -0.4 is 5.32 Å². The molecule has 0 radical (unpaired) electrons. The number of carbonyl (C=O) groups is 2. The molecule has 0 spiro atoms. The normalized spacial score (nSPS) is 15.9. The summed E-state index contributed by atoms with van der Waals surface area (Å²) in [5.41, 5.74) is 2.21. The molecule has 2 aromatic carbocycles. The Morgan fingerprint density at radius 1 is 1.10 bits per heavy atom. The van der Waals surface area contributed by atoms with Crippen LogP contribution in [-0.4, -0.2) is 29.6 Å². The van der Waals surface area contributed by atoms with E-state index in [1.165, 1.54) is 24.3 Å². The average Bonchev–Trinajstić information content (AvgIpc) is 3.17. The minimum atomic E-state index is -0.375. The summed E-state index contributed by atoms with van der Waals surface area (Å²) in [5, 5.41) is 3.88. The van der Waals surface area contributed by atoms with Crippen LogP contribution >= 0.6 is 0 Å². The number of hydrogen-bond acceptors (Lipinski definition) is 3. The van der Waals surface area contributed by atoms with Crippen molar-refractivity contribution in [1.82, 2.24) is 9.88 Å². The SMILES string of the molecule is CC(NC(=O)c1ccc(F)cc1)c1ccc2c(ccn2C(=O)C2CCOCC2)c1. The molecule has 1 saturated heterocycles. The second-order valence-electron chi connectivity index (χ2n) is 7.43. The zero-order valence-electron chi connectivity index (χ0n) is 16.2. The molecule has 1 N–H and O–H groups in total. The van der Waals surface area contributed by atoms with Gasteiger partial charge in [0.15, 0.2) is 0 Å². The molecule has 0 bridgehead atoms. The molecular formula is C23H23FN2O3. The number of nitrogens with zero attached hydrogens (tertiary/aromatic N) is 1. The number of amides is 1. The summed E-state index contributed by atoms with van der Waals surface area (Å²) in [6.07, 6.45) is 3.32. The molecule has 3 aromatic rings. The van der Waals surface area contributed by atoms with Gasteiger partial charge in [0.25, 0.3) is 5.91 Å². The minimum Gasteiger partial charge on any atom is -0.381 e. The van der Waals surface area contributed by atoms with E-state index in [4.69, 9.17) is 4.74 Å². The van der Waals surface area contributed by atoms with Gasteiger partial charge in [-0.3, -0.25) is 14.2 Å². The van der Waals surface area contributed by atoms with Crippen LogP contribution in [0.4, 0.5) is 4.39 Å². The van der Waals surface area contributed by atoms with Crippen LogP contribution in [0.25, 0.3) is 10.9 Å². The van der Waals surface area contributed by atoms with Crippen LogP contribution in [-0.2, 0) is 4.74 Å². The second kappa shape index (κ2) is 8.17. The Morgan fingerprint density at radius 2 is 1.83 bits per heavy atom. The monoisotopic (exact) mass is 394 g/mol. The summed E-state index contributed by atoms with van der Waals surface area (Å²) < 4.78 is 20.1. The Hall–Kier alpha value is -2.99. The molecule has 0 saturated carbocycles. The standard InChI is InChI=1S/C23H23FN2O3/c1-15(25-22(27)16-2-5-20(24)6-3-16)18-4-7-21-19(14-18)8-11-26(21)23(28)17-9-12-29-13-10-17/h2-8,11,14-15,17H,9-10,12-13H2,1H3,(H,25,27). The van der Waals surface area contributed by atoms with E-state index in [1.54, 1.807) is 4.57 Å². The number of aromatic nitrogens is 1. The lowest BCUT2D eigenvalue weighted by atomic mass is 9.99. The summed E-state index contributed by atoms with van der Waals surface area (Å²) in [7, 11) is 0. The first-order valence-corrected chi connectivity index (χ1v) is 9.82. The molecule has 1 aliphatic rings. The Kier molecular flexibility index (Phi) is 5.45. The molecule has 1 atom stereocenters. The van der Waals surface area contributed by atoms with E-state index < -0.39 is 0 Å². The number of rotatable bonds is 4. The lowest BCUT2D eigenvalue weighted by Gasteiger charge is -2.21. The summed E-state index contributed by atoms with van der Waals surface area (Å²) >= 11 is 0. The maximum atomic E-state index is 13.0. The van der Waals surface area contributed by atoms with E-state index in [0.717, 1.165) is 29.3 Å². The number of benzene rings is 2. The van der Waals surface area contributed by atoms with Crippen molar-refractivity contribution in [3.05, 3.63) is 71.7 Å². The Labute approximate surface area is 168 Å². The lowest BCUT2D eigenvalue weighted by Crippen LogP contribution is -2.27. The van der Waals surface area contributed by atoms with Crippen molar-refractivity contribution in [3.8, 4) is 0 Å². The maximum absolute atomic E-state index is 13.0. The lowest BCUT2D eigenvalue weighted by molar-refractivity contribution is 0.0490. The fourth-order valence-electron chi connectivity index (χ4n) is 3.73. The molecule has 1 aliphatic heterocycles. The van der Waals surface area contributed by atoms with E-state index in [2.05, 4.69) is 5.32 Å². The number of nitrogens with one attached hydrogen (secondary N) is 1. The van der Waals surface area contributed by atoms with Gasteiger partial charge in [-0.1, -0.05) is 6.07 Å². The van der Waals surface area contributed by atoms with E-state index in [-0.39, 0.29) is 29.6 Å². The molecule has 1 unspecified atom stereocenters. The second-order valence-corrected chi connectivity index (χ2v) is 7.43. The molecule has 2 heterocycles. The van der Waals surface area contributed by atoms with Crippen molar-refractivity contribution in [2.24, 2.45) is 5.92 Å². The summed E-state index contributed by atoms with van der Waals surface area (Å²) in [5.74, 6) is -0.536. The Balaban J connectivity index is 1.51. The van der Waals surface area contributed by atoms with Crippen molar-refractivity contribution >= 4 is 22.7 Å². The molecule has 1 aromatic heterocycles. The highest BCUT2D eigenvalue weighted by Crippen LogP contribution is 2.25. The molecule has 29 heavy (non-hydrogen) atoms. The van der Waals surface area contributed by atoms with E-state index in [9.17, 15) is 14.0 Å². The van der Waals surface area contributed by atoms with Gasteiger partial charge in [0, 0.05) is 36.3 Å². The summed E-state index contributed by atoms with van der Waals surface area (Å²) in [6.45, 7) is 3.16. The molecule has 4 rings (SSSR count). The largest absolute Gasteiger partial charge is 0.381 e. The van der Waals surface area contributed by atoms with Gasteiger partial charge in [0.2, 0.25) is 5.91 Å². The van der Waals surface area contributed by atoms with E-state index in [1.807, 2.05) is 37.4 Å². The minimum absolute atomic E-state index is 0.00653. The van der Waals surface area contributed by atoms with E-state index >= 15 is 0 Å². The van der Waals surface area contributed by atoms with Crippen LogP contribution in [0.2, 0.25) is 0 Å². The van der Waals surface area contributed by atoms with E-state index in [0.29, 0.717) is 18.8 Å². The Morgan fingerprint density at radius 3 is 2.55 bits per heavy atom. The van der Waals surface area contributed by atoms with Gasteiger partial charge in [-0.05, 0) is 67.8 Å². The number of ether oxygens (including phenoxy) is 1. The molecule has 0 aliphatic carbocycles. The van der Waals surface area contributed by atoms with Gasteiger partial charge < -0.3 is 10.1 Å². The molecular weight excluding hydrogens is 371 g/mol. The first kappa shape index (κ1) is 19.3. The predicted octanol–water partition coefficient (Wildman–Crippen LogP) is 4.34. The number of carbonyl (C=O) groups excluding carboxylic acids is 2. The number of fused-ring (bicyclic) bond motifs is 1. The van der Waals surface area contributed by atoms with Crippen LogP contribution in [0.5, 0.6) is 0 Å². The fourth-order valence-corrected chi connectivity index (χ4v) is 3.73. The number of hydrogen-bond donors (Lipinski definition) is 1. The van der Waals surface area contributed by atoms with Gasteiger partial charge in [-0.15, -0.1) is 0 Å². The molecule has 5 nitrogen and oxygen atoms in total. The quantitative estimate of drug-likeness (QED) is 0.716. The number of halogens is 1. The fraction of sp³-hybridized carbons (Fsp3) is 0.304. The topological polar surface area (TPSA) is 60.3 Å². The van der Waals surface area contributed by atoms with Crippen LogP contribution in [0, 0.1) is 11.7 Å². The van der Waals surface area contributed by atoms with Gasteiger partial charge in [-0.2, -0.15) is 0 Å². The smallest absolute Gasteiger partial charge is 0.251 e. The molecule has 6 heteroatoms. The molecule has 1 amide bonds. The summed E-state index contributed by atoms with van der Waals surface area (Å²) in [6, 6.07) is 13.0. The van der Waals surface area contributed by atoms with Crippen molar-refractivity contribution in [1.29, 1.82) is 0 Å². The van der Waals surface area contributed by atoms with Crippen molar-refractivity contribution in [2.45, 2.75) is 25.8 Å². The molecule has 1 fully saturated rings. The van der Waals surface area contributed by atoms with Crippen molar-refractivity contribution < 1.29 is 18.7 Å². The van der Waals surface area contributed by atoms with Crippen molar-refractivity contribution in [2.75, 3.05) is 13.2 Å². The van der Waals surface area contributed by atoms with Gasteiger partial charge in [0.1, 0.15) is 5.82 Å². The average molecular weight is 394 g/mol. The zero-order chi connectivity index (χ0) is 20.4. The highest BCUT2D eigenvalue weighted by Gasteiger charge is 2.24. The van der Waals surface area contributed by atoms with Crippen LogP contribution in [0.3, 0.4) is 0 Å². The van der Waals surface area contributed by atoms with Gasteiger partial charge in [0.05, 0.1) is 11.6 Å². The van der Waals surface area contributed by atoms with Gasteiger partial charge in [-0.25, -0.2) is 4.39 Å². The first-order chi connectivity index (χ1) is 14.0. The zero-order valence-corrected chi connectivity index (χ0v) is 16.2. The maximum Gasteiger partial charge on any atom is 0.251 e. The predicted molar refractivity (Wildman–Crippen MR) is 108 cm³/mol. The highest BCUT2D eigenvalue weighted by molar-refractivity contribution is 5.95. The van der Waals surface area contributed by atoms with Gasteiger partial charge >= 0.3 is 0 Å². The van der Waals surface area contributed by atoms with Crippen molar-refractivity contribution in [3.63, 3.8) is 0 Å². The molecule has 150 valence electrons. The third-order valence-electron chi connectivity index (χ3n) is 5.48. The van der Waals surface area contributed by atoms with Crippen LogP contribution in [0.1, 0.15) is 46.5 Å². The first-order valence-electron chi connectivity index (χ1n) is 9.82. The van der Waals surface area contributed by atoms with Crippen LogP contribution in [0.15, 0.2) is 54.7 Å². The summed E-state index contributed by atoms with van der Waals surface area (Å²) in [4.78, 5) is 25.2.